The minimum atomic E-state index is -4.58. The molecule has 8 heteroatoms. The lowest BCUT2D eigenvalue weighted by Crippen LogP contribution is -2.16. The molecule has 0 aliphatic heterocycles. The second-order valence-electron chi connectivity index (χ2n) is 3.85. The molecule has 108 valence electrons. The lowest BCUT2D eigenvalue weighted by molar-refractivity contribution is -0.212. The molecule has 0 saturated carbocycles. The number of ether oxygens (including phenoxy) is 1. The van der Waals surface area contributed by atoms with Gasteiger partial charge in [-0.2, -0.15) is 9.78 Å². The zero-order valence-electron chi connectivity index (χ0n) is 10.7. The molecule has 5 nitrogen and oxygen atoms in total. The van der Waals surface area contributed by atoms with Crippen molar-refractivity contribution in [2.45, 2.75) is 6.30 Å². The Hall–Kier alpha value is -2.82. The van der Waals surface area contributed by atoms with Crippen LogP contribution in [0.25, 0.3) is 0 Å². The number of nitrogens with zero attached hydrogens (tertiary/aromatic N) is 3. The van der Waals surface area contributed by atoms with Gasteiger partial charge >= 0.3 is 12.3 Å². The lowest BCUT2D eigenvalue weighted by atomic mass is 10.2. The van der Waals surface area contributed by atoms with Gasteiger partial charge < -0.3 is 4.74 Å². The molecule has 0 radical (unpaired) electrons. The molecule has 0 aliphatic rings. The van der Waals surface area contributed by atoms with Gasteiger partial charge in [-0.15, -0.1) is 13.2 Å². The molecule has 2 aromatic heterocycles. The van der Waals surface area contributed by atoms with E-state index in [4.69, 9.17) is 0 Å². The summed E-state index contributed by atoms with van der Waals surface area (Å²) in [7, 11) is 1.23. The normalized spacial score (nSPS) is 10.7. The smallest absolute Gasteiger partial charge is 0.465 e. The van der Waals surface area contributed by atoms with Crippen LogP contribution in [0.4, 0.5) is 13.2 Å². The predicted octanol–water partition coefficient (Wildman–Crippen LogP) is 1.94. The molecule has 0 atom stereocenters. The molecule has 0 bridgehead atoms. The summed E-state index contributed by atoms with van der Waals surface area (Å²) in [4.78, 5) is 15.1. The van der Waals surface area contributed by atoms with Gasteiger partial charge in [-0.05, 0) is 6.07 Å². The van der Waals surface area contributed by atoms with E-state index < -0.39 is 12.3 Å². The Labute approximate surface area is 117 Å². The highest BCUT2D eigenvalue weighted by atomic mass is 19.4. The number of hydrogen-bond acceptors (Lipinski definition) is 4. The Kier molecular flexibility index (Phi) is 3.93. The number of hydrogen-bond donors (Lipinski definition) is 0. The van der Waals surface area contributed by atoms with E-state index in [1.807, 2.05) is 0 Å². The quantitative estimate of drug-likeness (QED) is 0.596. The Balaban J connectivity index is 2.23. The van der Waals surface area contributed by atoms with Gasteiger partial charge in [0.15, 0.2) is 0 Å². The van der Waals surface area contributed by atoms with Crippen molar-refractivity contribution in [3.05, 3.63) is 47.5 Å². The molecule has 2 aromatic rings. The van der Waals surface area contributed by atoms with Crippen molar-refractivity contribution < 1.29 is 22.7 Å². The van der Waals surface area contributed by atoms with Crippen LogP contribution in [0.15, 0.2) is 30.9 Å². The van der Waals surface area contributed by atoms with E-state index in [0.29, 0.717) is 5.56 Å². The number of pyridine rings is 1. The predicted molar refractivity (Wildman–Crippen MR) is 65.1 cm³/mol. The summed E-state index contributed by atoms with van der Waals surface area (Å²) in [5, 5.41) is 3.16. The van der Waals surface area contributed by atoms with Gasteiger partial charge in [-0.25, -0.2) is 4.79 Å². The van der Waals surface area contributed by atoms with Gasteiger partial charge in [-0.1, -0.05) is 11.8 Å². The van der Waals surface area contributed by atoms with E-state index in [1.165, 1.54) is 25.6 Å². The topological polar surface area (TPSA) is 57.0 Å². The second-order valence-corrected chi connectivity index (χ2v) is 3.85. The number of carbonyl (C=O) groups excluding carboxylic acids is 1. The first-order valence-corrected chi connectivity index (χ1v) is 5.57. The fourth-order valence-electron chi connectivity index (χ4n) is 1.41. The molecule has 0 amide bonds. The molecule has 2 rings (SSSR count). The summed E-state index contributed by atoms with van der Waals surface area (Å²) in [5.41, 5.74) is 0.670. The molecule has 0 unspecified atom stereocenters. The number of halogens is 3. The van der Waals surface area contributed by atoms with Gasteiger partial charge in [0.1, 0.15) is 0 Å². The SMILES string of the molecule is COC(=O)c1cncc(C#Cc2cnn(C(F)(F)F)c2)c1. The monoisotopic (exact) mass is 295 g/mol. The van der Waals surface area contributed by atoms with E-state index in [-0.39, 0.29) is 15.8 Å². The van der Waals surface area contributed by atoms with Crippen molar-refractivity contribution in [3.8, 4) is 11.8 Å². The Morgan fingerprint density at radius 1 is 1.24 bits per heavy atom. The van der Waals surface area contributed by atoms with Crippen LogP contribution in [0.1, 0.15) is 21.5 Å². The minimum absolute atomic E-state index is 0.0933. The maximum absolute atomic E-state index is 12.3. The van der Waals surface area contributed by atoms with Crippen LogP contribution < -0.4 is 0 Å². The van der Waals surface area contributed by atoms with E-state index >= 15 is 0 Å². The number of methoxy groups -OCH3 is 1. The van der Waals surface area contributed by atoms with Crippen LogP contribution in [-0.2, 0) is 11.0 Å². The van der Waals surface area contributed by atoms with E-state index in [1.54, 1.807) is 0 Å². The van der Waals surface area contributed by atoms with Crippen LogP contribution in [0.5, 0.6) is 0 Å². The third-order valence-corrected chi connectivity index (χ3v) is 2.35. The largest absolute Gasteiger partial charge is 0.504 e. The molecule has 0 fully saturated rings. The van der Waals surface area contributed by atoms with Gasteiger partial charge in [0.2, 0.25) is 0 Å². The molecule has 0 aliphatic carbocycles. The highest BCUT2D eigenvalue weighted by Crippen LogP contribution is 2.20. The first kappa shape index (κ1) is 14.6. The van der Waals surface area contributed by atoms with Gasteiger partial charge in [0.05, 0.1) is 24.4 Å². The first-order valence-electron chi connectivity index (χ1n) is 5.57. The lowest BCUT2D eigenvalue weighted by Gasteiger charge is -2.03. The molecule has 2 heterocycles. The zero-order chi connectivity index (χ0) is 15.5. The highest BCUT2D eigenvalue weighted by Gasteiger charge is 2.31. The fourth-order valence-corrected chi connectivity index (χ4v) is 1.41. The van der Waals surface area contributed by atoms with E-state index in [0.717, 1.165) is 12.4 Å². The van der Waals surface area contributed by atoms with E-state index in [2.05, 4.69) is 26.7 Å². The Bertz CT molecular complexity index is 726. The molecule has 0 spiro atoms. The summed E-state index contributed by atoms with van der Waals surface area (Å²) in [6.45, 7) is 0. The first-order chi connectivity index (χ1) is 9.90. The zero-order valence-corrected chi connectivity index (χ0v) is 10.7. The number of rotatable bonds is 1. The average molecular weight is 295 g/mol. The maximum atomic E-state index is 12.3. The molecule has 0 aromatic carbocycles. The van der Waals surface area contributed by atoms with Crippen LogP contribution in [0, 0.1) is 11.8 Å². The number of alkyl halides is 3. The van der Waals surface area contributed by atoms with Crippen LogP contribution in [0.2, 0.25) is 0 Å². The third-order valence-electron chi connectivity index (χ3n) is 2.35. The fraction of sp³-hybridized carbons (Fsp3) is 0.154. The number of esters is 1. The molecular formula is C13H8F3N3O2. The van der Waals surface area contributed by atoms with Crippen LogP contribution in [-0.4, -0.2) is 27.8 Å². The van der Waals surface area contributed by atoms with Gasteiger partial charge in [-0.3, -0.25) is 4.98 Å². The number of aromatic nitrogens is 3. The van der Waals surface area contributed by atoms with Crippen LogP contribution in [0.3, 0.4) is 0 Å². The minimum Gasteiger partial charge on any atom is -0.465 e. The highest BCUT2D eigenvalue weighted by molar-refractivity contribution is 5.89. The second kappa shape index (κ2) is 5.66. The molecule has 0 N–H and O–H groups in total. The van der Waals surface area contributed by atoms with Crippen molar-refractivity contribution >= 4 is 5.97 Å². The van der Waals surface area contributed by atoms with Gasteiger partial charge in [0.25, 0.3) is 0 Å². The van der Waals surface area contributed by atoms with E-state index in [9.17, 15) is 18.0 Å². The van der Waals surface area contributed by atoms with Crippen molar-refractivity contribution in [2.75, 3.05) is 7.11 Å². The van der Waals surface area contributed by atoms with Crippen molar-refractivity contribution in [2.24, 2.45) is 0 Å². The van der Waals surface area contributed by atoms with Crippen molar-refractivity contribution in [3.63, 3.8) is 0 Å². The Morgan fingerprint density at radius 2 is 1.95 bits per heavy atom. The molecule has 0 saturated heterocycles. The summed E-state index contributed by atoms with van der Waals surface area (Å²) in [5.74, 6) is 4.54. The standard InChI is InChI=1S/C13H8F3N3O2/c1-21-12(20)11-4-9(5-17-7-11)2-3-10-6-18-19(8-10)13(14,15)16/h4-8H,1H3. The Morgan fingerprint density at radius 3 is 2.57 bits per heavy atom. The molecule has 21 heavy (non-hydrogen) atoms. The number of carbonyl (C=O) groups is 1. The van der Waals surface area contributed by atoms with Crippen molar-refractivity contribution in [1.29, 1.82) is 0 Å². The summed E-state index contributed by atoms with van der Waals surface area (Å²) < 4.78 is 41.4. The maximum Gasteiger partial charge on any atom is 0.504 e. The third kappa shape index (κ3) is 3.60. The van der Waals surface area contributed by atoms with Crippen molar-refractivity contribution in [1.82, 2.24) is 14.8 Å². The van der Waals surface area contributed by atoms with Gasteiger partial charge in [0, 0.05) is 24.2 Å². The summed E-state index contributed by atoms with van der Waals surface area (Å²) >= 11 is 0. The molecular weight excluding hydrogens is 287 g/mol. The summed E-state index contributed by atoms with van der Waals surface area (Å²) in [6, 6.07) is 1.43. The average Bonchev–Trinajstić information content (AvgIpc) is 2.93. The summed E-state index contributed by atoms with van der Waals surface area (Å²) in [6.07, 6.45) is -0.124. The van der Waals surface area contributed by atoms with Crippen LogP contribution >= 0.6 is 0 Å².